The van der Waals surface area contributed by atoms with E-state index in [4.69, 9.17) is 0 Å². The molecule has 2 N–H and O–H groups in total. The molecule has 0 aliphatic rings. The molecule has 122 valence electrons. The van der Waals surface area contributed by atoms with Crippen molar-refractivity contribution in [2.75, 3.05) is 11.9 Å². The molecule has 4 heteroatoms. The summed E-state index contributed by atoms with van der Waals surface area (Å²) in [4.78, 5) is 11.0. The van der Waals surface area contributed by atoms with Crippen molar-refractivity contribution < 1.29 is 9.18 Å². The minimum Gasteiger partial charge on any atom is -0.326 e. The monoisotopic (exact) mass is 314 g/mol. The first kappa shape index (κ1) is 17.2. The van der Waals surface area contributed by atoms with Crippen molar-refractivity contribution in [3.05, 3.63) is 65.5 Å². The number of amides is 1. The summed E-state index contributed by atoms with van der Waals surface area (Å²) in [5.74, 6) is -0.258. The quantitative estimate of drug-likeness (QED) is 0.820. The van der Waals surface area contributed by atoms with Crippen molar-refractivity contribution in [3.63, 3.8) is 0 Å². The molecular formula is C19H23FN2O. The van der Waals surface area contributed by atoms with Crippen LogP contribution in [-0.4, -0.2) is 18.5 Å². The molecule has 0 saturated heterocycles. The predicted molar refractivity (Wildman–Crippen MR) is 92.0 cm³/mol. The highest BCUT2D eigenvalue weighted by Crippen LogP contribution is 2.10. The van der Waals surface area contributed by atoms with Gasteiger partial charge in [0.25, 0.3) is 0 Å². The van der Waals surface area contributed by atoms with Gasteiger partial charge in [-0.2, -0.15) is 0 Å². The molecule has 0 aromatic heterocycles. The topological polar surface area (TPSA) is 41.1 Å². The Morgan fingerprint density at radius 1 is 1.04 bits per heavy atom. The van der Waals surface area contributed by atoms with Gasteiger partial charge < -0.3 is 10.6 Å². The van der Waals surface area contributed by atoms with E-state index in [-0.39, 0.29) is 11.7 Å². The number of carbonyl (C=O) groups is 1. The SMILES string of the molecule is CC(=O)Nc1ccc(CCNC(C)Cc2ccc(F)cc2)cc1. The van der Waals surface area contributed by atoms with E-state index in [1.165, 1.54) is 24.6 Å². The third kappa shape index (κ3) is 6.20. The highest BCUT2D eigenvalue weighted by atomic mass is 19.1. The summed E-state index contributed by atoms with van der Waals surface area (Å²) in [5.41, 5.74) is 3.17. The fraction of sp³-hybridized carbons (Fsp3) is 0.316. The fourth-order valence-electron chi connectivity index (χ4n) is 2.47. The van der Waals surface area contributed by atoms with Gasteiger partial charge in [0.2, 0.25) is 5.91 Å². The third-order valence-electron chi connectivity index (χ3n) is 3.64. The normalized spacial score (nSPS) is 12.0. The Kier molecular flexibility index (Phi) is 6.29. The first-order valence-electron chi connectivity index (χ1n) is 7.87. The zero-order chi connectivity index (χ0) is 16.7. The maximum atomic E-state index is 12.9. The molecule has 1 amide bonds. The summed E-state index contributed by atoms with van der Waals surface area (Å²) in [7, 11) is 0. The Hall–Kier alpha value is -2.20. The number of nitrogens with one attached hydrogen (secondary N) is 2. The van der Waals surface area contributed by atoms with Gasteiger partial charge in [0, 0.05) is 18.7 Å². The molecule has 1 unspecified atom stereocenters. The van der Waals surface area contributed by atoms with Gasteiger partial charge in [0.1, 0.15) is 5.82 Å². The van der Waals surface area contributed by atoms with Crippen LogP contribution in [0.4, 0.5) is 10.1 Å². The van der Waals surface area contributed by atoms with Gasteiger partial charge in [0.15, 0.2) is 0 Å². The Labute approximate surface area is 136 Å². The van der Waals surface area contributed by atoms with Crippen molar-refractivity contribution in [2.45, 2.75) is 32.7 Å². The third-order valence-corrected chi connectivity index (χ3v) is 3.64. The van der Waals surface area contributed by atoms with Crippen LogP contribution in [0, 0.1) is 5.82 Å². The van der Waals surface area contributed by atoms with Crippen molar-refractivity contribution in [2.24, 2.45) is 0 Å². The molecule has 0 heterocycles. The van der Waals surface area contributed by atoms with Gasteiger partial charge in [-0.1, -0.05) is 24.3 Å². The number of benzene rings is 2. The van der Waals surface area contributed by atoms with Crippen LogP contribution in [-0.2, 0) is 17.6 Å². The molecule has 23 heavy (non-hydrogen) atoms. The van der Waals surface area contributed by atoms with Crippen LogP contribution >= 0.6 is 0 Å². The summed E-state index contributed by atoms with van der Waals surface area (Å²) in [6.07, 6.45) is 1.80. The van der Waals surface area contributed by atoms with E-state index < -0.39 is 0 Å². The van der Waals surface area contributed by atoms with E-state index in [0.29, 0.717) is 6.04 Å². The lowest BCUT2D eigenvalue weighted by Gasteiger charge is -2.14. The summed E-state index contributed by atoms with van der Waals surface area (Å²) in [6, 6.07) is 14.9. The van der Waals surface area contributed by atoms with Gasteiger partial charge in [-0.25, -0.2) is 4.39 Å². The van der Waals surface area contributed by atoms with Crippen molar-refractivity contribution >= 4 is 11.6 Å². The molecule has 0 fully saturated rings. The standard InChI is InChI=1S/C19H23FN2O/c1-14(13-17-3-7-18(20)8-4-17)21-12-11-16-5-9-19(10-6-16)22-15(2)23/h3-10,14,21H,11-13H2,1-2H3,(H,22,23). The second kappa shape index (κ2) is 8.44. The molecule has 2 aromatic rings. The second-order valence-corrected chi connectivity index (χ2v) is 5.81. The number of rotatable bonds is 7. The number of anilines is 1. The summed E-state index contributed by atoms with van der Waals surface area (Å²) in [5, 5.41) is 6.23. The predicted octanol–water partition coefficient (Wildman–Crippen LogP) is 3.55. The van der Waals surface area contributed by atoms with Crippen LogP contribution < -0.4 is 10.6 Å². The van der Waals surface area contributed by atoms with E-state index in [0.717, 1.165) is 30.6 Å². The molecule has 0 radical (unpaired) electrons. The summed E-state index contributed by atoms with van der Waals surface area (Å²) in [6.45, 7) is 4.51. The van der Waals surface area contributed by atoms with E-state index >= 15 is 0 Å². The number of carbonyl (C=O) groups excluding carboxylic acids is 1. The van der Waals surface area contributed by atoms with Gasteiger partial charge >= 0.3 is 0 Å². The van der Waals surface area contributed by atoms with E-state index in [1.807, 2.05) is 36.4 Å². The smallest absolute Gasteiger partial charge is 0.221 e. The van der Waals surface area contributed by atoms with Crippen LogP contribution in [0.15, 0.2) is 48.5 Å². The minimum absolute atomic E-state index is 0.0611. The second-order valence-electron chi connectivity index (χ2n) is 5.81. The lowest BCUT2D eigenvalue weighted by atomic mass is 10.1. The van der Waals surface area contributed by atoms with Crippen molar-refractivity contribution in [1.29, 1.82) is 0 Å². The van der Waals surface area contributed by atoms with Gasteiger partial charge in [-0.15, -0.1) is 0 Å². The molecule has 0 bridgehead atoms. The largest absolute Gasteiger partial charge is 0.326 e. The van der Waals surface area contributed by atoms with Crippen molar-refractivity contribution in [1.82, 2.24) is 5.32 Å². The van der Waals surface area contributed by atoms with Crippen LogP contribution in [0.5, 0.6) is 0 Å². The molecule has 2 aromatic carbocycles. The highest BCUT2D eigenvalue weighted by molar-refractivity contribution is 5.88. The fourth-order valence-corrected chi connectivity index (χ4v) is 2.47. The molecular weight excluding hydrogens is 291 g/mol. The molecule has 0 saturated carbocycles. The number of hydrogen-bond donors (Lipinski definition) is 2. The maximum Gasteiger partial charge on any atom is 0.221 e. The Morgan fingerprint density at radius 3 is 2.26 bits per heavy atom. The summed E-state index contributed by atoms with van der Waals surface area (Å²) >= 11 is 0. The van der Waals surface area contributed by atoms with E-state index in [9.17, 15) is 9.18 Å². The maximum absolute atomic E-state index is 12.9. The zero-order valence-electron chi connectivity index (χ0n) is 13.6. The highest BCUT2D eigenvalue weighted by Gasteiger charge is 2.03. The molecule has 0 aliphatic carbocycles. The molecule has 1 atom stereocenters. The van der Waals surface area contributed by atoms with E-state index in [1.54, 1.807) is 0 Å². The average Bonchev–Trinajstić information content (AvgIpc) is 2.51. The van der Waals surface area contributed by atoms with Gasteiger partial charge in [0.05, 0.1) is 0 Å². The Morgan fingerprint density at radius 2 is 1.65 bits per heavy atom. The van der Waals surface area contributed by atoms with Crippen LogP contribution in [0.1, 0.15) is 25.0 Å². The van der Waals surface area contributed by atoms with Crippen LogP contribution in [0.2, 0.25) is 0 Å². The Balaban J connectivity index is 1.73. The Bertz CT molecular complexity index is 623. The average molecular weight is 314 g/mol. The number of halogens is 1. The van der Waals surface area contributed by atoms with E-state index in [2.05, 4.69) is 17.6 Å². The van der Waals surface area contributed by atoms with Gasteiger partial charge in [-0.05, 0) is 61.7 Å². The van der Waals surface area contributed by atoms with Crippen molar-refractivity contribution in [3.8, 4) is 0 Å². The first-order chi connectivity index (χ1) is 11.0. The van der Waals surface area contributed by atoms with Crippen LogP contribution in [0.25, 0.3) is 0 Å². The molecule has 0 spiro atoms. The lowest BCUT2D eigenvalue weighted by molar-refractivity contribution is -0.114. The molecule has 2 rings (SSSR count). The van der Waals surface area contributed by atoms with Crippen LogP contribution in [0.3, 0.4) is 0 Å². The molecule has 3 nitrogen and oxygen atoms in total. The molecule has 0 aliphatic heterocycles. The number of hydrogen-bond acceptors (Lipinski definition) is 2. The lowest BCUT2D eigenvalue weighted by Crippen LogP contribution is -2.29. The zero-order valence-corrected chi connectivity index (χ0v) is 13.6. The summed E-state index contributed by atoms with van der Waals surface area (Å²) < 4.78 is 12.9. The minimum atomic E-state index is -0.197. The van der Waals surface area contributed by atoms with Gasteiger partial charge in [-0.3, -0.25) is 4.79 Å². The first-order valence-corrected chi connectivity index (χ1v) is 7.87.